The molecule has 0 aliphatic heterocycles. The number of furan rings is 1. The average Bonchev–Trinajstić information content (AvgIpc) is 3.22. The van der Waals surface area contributed by atoms with Crippen molar-refractivity contribution < 1.29 is 23.8 Å². The predicted octanol–water partition coefficient (Wildman–Crippen LogP) is 3.25. The molecule has 0 saturated heterocycles. The molecule has 0 atom stereocenters. The quantitative estimate of drug-likeness (QED) is 0.480. The molecule has 0 fully saturated rings. The number of nitriles is 1. The number of rotatable bonds is 7. The van der Waals surface area contributed by atoms with Crippen molar-refractivity contribution in [2.75, 3.05) is 11.9 Å². The van der Waals surface area contributed by atoms with Gasteiger partial charge in [0.05, 0.1) is 12.6 Å². The number of nitrogens with zero attached hydrogens (tertiary/aromatic N) is 1. The van der Waals surface area contributed by atoms with Gasteiger partial charge in [-0.05, 0) is 43.3 Å². The summed E-state index contributed by atoms with van der Waals surface area (Å²) in [5, 5.41) is 23.3. The van der Waals surface area contributed by atoms with Gasteiger partial charge in [0.2, 0.25) is 0 Å². The number of nitrogens with one attached hydrogen (secondary N) is 1. The molecule has 3 aromatic rings. The van der Waals surface area contributed by atoms with Gasteiger partial charge >= 0.3 is 0 Å². The van der Waals surface area contributed by atoms with Gasteiger partial charge in [-0.3, -0.25) is 4.79 Å². The highest BCUT2D eigenvalue weighted by atomic mass is 16.5. The first-order chi connectivity index (χ1) is 14.5. The Hall–Kier alpha value is -4.31. The molecule has 1 amide bonds. The van der Waals surface area contributed by atoms with E-state index in [1.54, 1.807) is 54.6 Å². The van der Waals surface area contributed by atoms with Crippen molar-refractivity contribution in [3.63, 3.8) is 0 Å². The van der Waals surface area contributed by atoms with E-state index in [1.807, 2.05) is 13.0 Å². The number of carboxylic acid groups (broad SMARTS) is 1. The maximum Gasteiger partial charge on any atom is 0.266 e. The number of ether oxygens (including phenoxy) is 1. The molecular weight excluding hydrogens is 384 g/mol. The summed E-state index contributed by atoms with van der Waals surface area (Å²) in [7, 11) is 0. The van der Waals surface area contributed by atoms with Crippen molar-refractivity contribution in [2.45, 2.75) is 6.92 Å². The lowest BCUT2D eigenvalue weighted by molar-refractivity contribution is -0.254. The molecule has 7 nitrogen and oxygen atoms in total. The number of carbonyl (C=O) groups is 2. The molecule has 3 rings (SSSR count). The second kappa shape index (κ2) is 9.26. The van der Waals surface area contributed by atoms with E-state index < -0.39 is 11.9 Å². The number of carboxylic acids is 1. The molecule has 0 radical (unpaired) electrons. The van der Waals surface area contributed by atoms with E-state index in [0.717, 1.165) is 0 Å². The third kappa shape index (κ3) is 4.75. The van der Waals surface area contributed by atoms with E-state index >= 15 is 0 Å². The van der Waals surface area contributed by atoms with Crippen LogP contribution in [0.2, 0.25) is 0 Å². The first-order valence-corrected chi connectivity index (χ1v) is 9.08. The van der Waals surface area contributed by atoms with Crippen LogP contribution in [0.1, 0.15) is 23.0 Å². The summed E-state index contributed by atoms with van der Waals surface area (Å²) < 4.78 is 11.0. The molecule has 0 unspecified atom stereocenters. The van der Waals surface area contributed by atoms with Crippen LogP contribution in [0.4, 0.5) is 5.69 Å². The molecule has 7 heteroatoms. The molecule has 1 N–H and O–H groups in total. The van der Waals surface area contributed by atoms with Crippen molar-refractivity contribution in [3.05, 3.63) is 77.6 Å². The number of hydrogen-bond acceptors (Lipinski definition) is 6. The van der Waals surface area contributed by atoms with Crippen LogP contribution >= 0.6 is 0 Å². The Morgan fingerprint density at radius 1 is 1.13 bits per heavy atom. The van der Waals surface area contributed by atoms with Gasteiger partial charge in [0.1, 0.15) is 28.9 Å². The van der Waals surface area contributed by atoms with Crippen LogP contribution < -0.4 is 15.2 Å². The maximum absolute atomic E-state index is 12.4. The monoisotopic (exact) mass is 401 g/mol. The minimum Gasteiger partial charge on any atom is -0.545 e. The maximum atomic E-state index is 12.4. The Morgan fingerprint density at radius 2 is 1.87 bits per heavy atom. The van der Waals surface area contributed by atoms with Crippen molar-refractivity contribution in [1.29, 1.82) is 5.26 Å². The van der Waals surface area contributed by atoms with Gasteiger partial charge in [0.25, 0.3) is 5.91 Å². The molecule has 30 heavy (non-hydrogen) atoms. The van der Waals surface area contributed by atoms with E-state index in [1.165, 1.54) is 12.1 Å². The largest absolute Gasteiger partial charge is 0.545 e. The van der Waals surface area contributed by atoms with Gasteiger partial charge in [0, 0.05) is 22.9 Å². The Labute approximate surface area is 172 Å². The second-order valence-corrected chi connectivity index (χ2v) is 6.12. The molecule has 0 bridgehead atoms. The van der Waals surface area contributed by atoms with Crippen LogP contribution in [0.3, 0.4) is 0 Å². The van der Waals surface area contributed by atoms with Crippen LogP contribution in [-0.4, -0.2) is 18.5 Å². The molecule has 0 aliphatic rings. The molecule has 1 heterocycles. The van der Waals surface area contributed by atoms with Gasteiger partial charge in [0.15, 0.2) is 0 Å². The number of aromatic carboxylic acids is 1. The van der Waals surface area contributed by atoms with E-state index in [2.05, 4.69) is 5.32 Å². The lowest BCUT2D eigenvalue weighted by Gasteiger charge is -2.07. The van der Waals surface area contributed by atoms with Crippen molar-refractivity contribution in [2.24, 2.45) is 0 Å². The van der Waals surface area contributed by atoms with Gasteiger partial charge in [-0.2, -0.15) is 5.26 Å². The first-order valence-electron chi connectivity index (χ1n) is 9.08. The van der Waals surface area contributed by atoms with Crippen LogP contribution in [-0.2, 0) is 4.79 Å². The number of anilines is 1. The highest BCUT2D eigenvalue weighted by Gasteiger charge is 2.13. The lowest BCUT2D eigenvalue weighted by Crippen LogP contribution is -2.22. The van der Waals surface area contributed by atoms with Gasteiger partial charge in [-0.25, -0.2) is 0 Å². The molecular formula is C23H17N2O5-. The van der Waals surface area contributed by atoms with Gasteiger partial charge < -0.3 is 24.4 Å². The summed E-state index contributed by atoms with van der Waals surface area (Å²) in [6.45, 7) is 2.41. The first kappa shape index (κ1) is 20.4. The average molecular weight is 401 g/mol. The molecule has 150 valence electrons. The summed E-state index contributed by atoms with van der Waals surface area (Å²) in [5.41, 5.74) is 0.663. The topological polar surface area (TPSA) is 115 Å². The summed E-state index contributed by atoms with van der Waals surface area (Å²) in [5.74, 6) is -0.741. The van der Waals surface area contributed by atoms with Gasteiger partial charge in [-0.1, -0.05) is 24.3 Å². The Balaban J connectivity index is 1.79. The predicted molar refractivity (Wildman–Crippen MR) is 108 cm³/mol. The Morgan fingerprint density at radius 3 is 2.53 bits per heavy atom. The standard InChI is InChI=1S/C23H18N2O5/c1-2-29-17-9-7-16(8-10-17)25-22(26)15(14-24)13-18-11-12-21(30-18)19-5-3-4-6-20(19)23(27)28/h3-13H,2H2,1H3,(H,25,26)(H,27,28)/p-1/b15-13+. The van der Waals surface area contributed by atoms with Crippen LogP contribution in [0.15, 0.2) is 70.7 Å². The summed E-state index contributed by atoms with van der Waals surface area (Å²) in [4.78, 5) is 23.7. The Kier molecular flexibility index (Phi) is 6.30. The summed E-state index contributed by atoms with van der Waals surface area (Å²) in [6, 6.07) is 17.9. The Bertz CT molecular complexity index is 1140. The van der Waals surface area contributed by atoms with Crippen LogP contribution in [0.25, 0.3) is 17.4 Å². The smallest absolute Gasteiger partial charge is 0.266 e. The van der Waals surface area contributed by atoms with Crippen molar-refractivity contribution >= 4 is 23.6 Å². The molecule has 2 aromatic carbocycles. The number of hydrogen-bond donors (Lipinski definition) is 1. The fourth-order valence-corrected chi connectivity index (χ4v) is 2.74. The van der Waals surface area contributed by atoms with Crippen LogP contribution in [0, 0.1) is 11.3 Å². The zero-order valence-corrected chi connectivity index (χ0v) is 16.0. The lowest BCUT2D eigenvalue weighted by atomic mass is 10.1. The third-order valence-corrected chi connectivity index (χ3v) is 4.11. The minimum atomic E-state index is -1.33. The van der Waals surface area contributed by atoms with E-state index in [9.17, 15) is 20.0 Å². The van der Waals surface area contributed by atoms with Crippen LogP contribution in [0.5, 0.6) is 5.75 Å². The fraction of sp³-hybridized carbons (Fsp3) is 0.0870. The molecule has 0 aliphatic carbocycles. The second-order valence-electron chi connectivity index (χ2n) is 6.12. The zero-order valence-electron chi connectivity index (χ0n) is 16.0. The van der Waals surface area contributed by atoms with E-state index in [-0.39, 0.29) is 22.7 Å². The SMILES string of the molecule is CCOc1ccc(NC(=O)/C(C#N)=C/c2ccc(-c3ccccc3C(=O)[O-])o2)cc1. The van der Waals surface area contributed by atoms with Gasteiger partial charge in [-0.15, -0.1) is 0 Å². The normalized spacial score (nSPS) is 10.9. The highest BCUT2D eigenvalue weighted by molar-refractivity contribution is 6.09. The summed E-state index contributed by atoms with van der Waals surface area (Å²) in [6.07, 6.45) is 1.29. The summed E-state index contributed by atoms with van der Waals surface area (Å²) >= 11 is 0. The van der Waals surface area contributed by atoms with Crippen molar-refractivity contribution in [1.82, 2.24) is 0 Å². The minimum absolute atomic E-state index is 0.0175. The third-order valence-electron chi connectivity index (χ3n) is 4.11. The molecule has 0 spiro atoms. The number of amides is 1. The number of carbonyl (C=O) groups excluding carboxylic acids is 2. The fourth-order valence-electron chi connectivity index (χ4n) is 2.74. The molecule has 0 saturated carbocycles. The van der Waals surface area contributed by atoms with Crippen molar-refractivity contribution in [3.8, 4) is 23.1 Å². The highest BCUT2D eigenvalue weighted by Crippen LogP contribution is 2.26. The van der Waals surface area contributed by atoms with E-state index in [0.29, 0.717) is 23.6 Å². The number of benzene rings is 2. The zero-order chi connectivity index (χ0) is 21.5. The molecule has 1 aromatic heterocycles. The van der Waals surface area contributed by atoms with E-state index in [4.69, 9.17) is 9.15 Å².